The van der Waals surface area contributed by atoms with Gasteiger partial charge in [0, 0.05) is 45.3 Å². The summed E-state index contributed by atoms with van der Waals surface area (Å²) in [6, 6.07) is 17.2. The van der Waals surface area contributed by atoms with Crippen LogP contribution in [0.25, 0.3) is 0 Å². The smallest absolute Gasteiger partial charge is 0.243 e. The molecular weight excluding hydrogens is 422 g/mol. The summed E-state index contributed by atoms with van der Waals surface area (Å²) in [6.45, 7) is 2.72. The van der Waals surface area contributed by atoms with E-state index >= 15 is 0 Å². The molecule has 2 aromatic carbocycles. The Morgan fingerprint density at radius 1 is 0.969 bits per heavy atom. The first-order chi connectivity index (χ1) is 15.5. The lowest BCUT2D eigenvalue weighted by molar-refractivity contribution is -0.121. The highest BCUT2D eigenvalue weighted by atomic mass is 32.2. The Hall–Kier alpha value is -2.38. The van der Waals surface area contributed by atoms with Crippen molar-refractivity contribution in [1.82, 2.24) is 9.62 Å². The maximum Gasteiger partial charge on any atom is 0.243 e. The normalized spacial score (nSPS) is 15.2. The Kier molecular flexibility index (Phi) is 9.11. The second-order valence-electron chi connectivity index (χ2n) is 8.42. The molecule has 1 amide bonds. The first kappa shape index (κ1) is 24.3. The molecule has 0 bridgehead atoms. The van der Waals surface area contributed by atoms with Crippen LogP contribution < -0.4 is 10.2 Å². The molecule has 0 aliphatic carbocycles. The molecule has 6 nitrogen and oxygen atoms in total. The van der Waals surface area contributed by atoms with Gasteiger partial charge in [-0.05, 0) is 55.5 Å². The fraction of sp³-hybridized carbons (Fsp3) is 0.480. The summed E-state index contributed by atoms with van der Waals surface area (Å²) in [7, 11) is -1.38. The number of rotatable bonds is 10. The maximum absolute atomic E-state index is 12.9. The number of anilines is 1. The number of amides is 1. The van der Waals surface area contributed by atoms with E-state index in [4.69, 9.17) is 0 Å². The summed E-state index contributed by atoms with van der Waals surface area (Å²) < 4.78 is 27.3. The monoisotopic (exact) mass is 457 g/mol. The van der Waals surface area contributed by atoms with Crippen LogP contribution in [0, 0.1) is 0 Å². The number of benzene rings is 2. The predicted octanol–water partition coefficient (Wildman–Crippen LogP) is 3.83. The first-order valence-corrected chi connectivity index (χ1v) is 13.0. The molecule has 0 unspecified atom stereocenters. The molecule has 0 radical (unpaired) electrons. The van der Waals surface area contributed by atoms with Crippen molar-refractivity contribution < 1.29 is 13.2 Å². The van der Waals surface area contributed by atoms with E-state index in [0.29, 0.717) is 37.4 Å². The highest BCUT2D eigenvalue weighted by Crippen LogP contribution is 2.21. The van der Waals surface area contributed by atoms with Crippen molar-refractivity contribution in [3.05, 3.63) is 60.2 Å². The number of nitrogens with zero attached hydrogens (tertiary/aromatic N) is 2. The summed E-state index contributed by atoms with van der Waals surface area (Å²) in [4.78, 5) is 14.7. The number of hydrogen-bond donors (Lipinski definition) is 1. The average Bonchev–Trinajstić information content (AvgIpc) is 3.11. The van der Waals surface area contributed by atoms with Crippen LogP contribution in [0.2, 0.25) is 0 Å². The van der Waals surface area contributed by atoms with Gasteiger partial charge in [0.05, 0.1) is 4.90 Å². The van der Waals surface area contributed by atoms with E-state index in [1.54, 1.807) is 16.4 Å². The molecule has 1 heterocycles. The molecule has 0 atom stereocenters. The van der Waals surface area contributed by atoms with Crippen molar-refractivity contribution >= 4 is 21.6 Å². The minimum Gasteiger partial charge on any atom is -0.375 e. The van der Waals surface area contributed by atoms with Crippen LogP contribution in [0.15, 0.2) is 59.5 Å². The van der Waals surface area contributed by atoms with Gasteiger partial charge in [-0.1, -0.05) is 43.2 Å². The second-order valence-corrected chi connectivity index (χ2v) is 10.4. The molecule has 1 N–H and O–H groups in total. The van der Waals surface area contributed by atoms with Crippen LogP contribution >= 0.6 is 0 Å². The zero-order valence-corrected chi connectivity index (χ0v) is 19.8. The Bertz CT molecular complexity index is 938. The van der Waals surface area contributed by atoms with Crippen molar-refractivity contribution in [2.24, 2.45) is 0 Å². The lowest BCUT2D eigenvalue weighted by Crippen LogP contribution is -2.31. The Morgan fingerprint density at radius 2 is 1.62 bits per heavy atom. The fourth-order valence-corrected chi connectivity index (χ4v) is 5.48. The third-order valence-corrected chi connectivity index (χ3v) is 7.87. The third-order valence-electron chi connectivity index (χ3n) is 5.96. The van der Waals surface area contributed by atoms with E-state index in [2.05, 4.69) is 22.3 Å². The maximum atomic E-state index is 12.9. The van der Waals surface area contributed by atoms with Crippen molar-refractivity contribution in [1.29, 1.82) is 0 Å². The number of aryl methyl sites for hydroxylation is 1. The average molecular weight is 458 g/mol. The number of carbonyl (C=O) groups is 1. The van der Waals surface area contributed by atoms with Crippen molar-refractivity contribution in [3.63, 3.8) is 0 Å². The van der Waals surface area contributed by atoms with Crippen LogP contribution in [0.5, 0.6) is 0 Å². The van der Waals surface area contributed by atoms with E-state index in [1.165, 1.54) is 5.69 Å². The van der Waals surface area contributed by atoms with Gasteiger partial charge in [-0.2, -0.15) is 4.31 Å². The largest absolute Gasteiger partial charge is 0.375 e. The Morgan fingerprint density at radius 3 is 2.28 bits per heavy atom. The van der Waals surface area contributed by atoms with E-state index in [9.17, 15) is 13.2 Å². The standard InChI is InChI=1S/C25H35N3O3S/c1-27(23-10-5-4-6-11-23)19-9-18-26-25(29)17-14-22-12-15-24(16-13-22)32(30,31)28-20-7-2-3-8-21-28/h4-6,10-13,15-16H,2-3,7-9,14,17-21H2,1H3,(H,26,29). The molecule has 1 aliphatic heterocycles. The van der Waals surface area contributed by atoms with Crippen LogP contribution in [0.3, 0.4) is 0 Å². The van der Waals surface area contributed by atoms with Crippen molar-refractivity contribution in [2.75, 3.05) is 38.1 Å². The fourth-order valence-electron chi connectivity index (χ4n) is 3.96. The van der Waals surface area contributed by atoms with Crippen LogP contribution in [0.4, 0.5) is 5.69 Å². The van der Waals surface area contributed by atoms with Gasteiger partial charge in [0.2, 0.25) is 15.9 Å². The number of sulfonamides is 1. The number of carbonyl (C=O) groups excluding carboxylic acids is 1. The van der Waals surface area contributed by atoms with E-state index in [1.807, 2.05) is 37.4 Å². The van der Waals surface area contributed by atoms with Gasteiger partial charge in [0.25, 0.3) is 0 Å². The molecule has 2 aromatic rings. The minimum atomic E-state index is -3.43. The van der Waals surface area contributed by atoms with Gasteiger partial charge in [-0.25, -0.2) is 8.42 Å². The number of hydrogen-bond acceptors (Lipinski definition) is 4. The molecular formula is C25H35N3O3S. The van der Waals surface area contributed by atoms with Gasteiger partial charge < -0.3 is 10.2 Å². The zero-order valence-electron chi connectivity index (χ0n) is 19.0. The third kappa shape index (κ3) is 7.07. The zero-order chi connectivity index (χ0) is 22.8. The first-order valence-electron chi connectivity index (χ1n) is 11.6. The second kappa shape index (κ2) is 12.0. The molecule has 1 aliphatic rings. The molecule has 0 aromatic heterocycles. The number of para-hydroxylation sites is 1. The highest BCUT2D eigenvalue weighted by Gasteiger charge is 2.24. The van der Waals surface area contributed by atoms with Gasteiger partial charge in [0.1, 0.15) is 0 Å². The SMILES string of the molecule is CN(CCCNC(=O)CCc1ccc(S(=O)(=O)N2CCCCCC2)cc1)c1ccccc1. The van der Waals surface area contributed by atoms with Crippen molar-refractivity contribution in [3.8, 4) is 0 Å². The molecule has 174 valence electrons. The van der Waals surface area contributed by atoms with Crippen LogP contribution in [-0.2, 0) is 21.2 Å². The molecule has 0 spiro atoms. The number of nitrogens with one attached hydrogen (secondary N) is 1. The molecule has 7 heteroatoms. The van der Waals surface area contributed by atoms with Crippen molar-refractivity contribution in [2.45, 2.75) is 49.8 Å². The lowest BCUT2D eigenvalue weighted by atomic mass is 10.1. The summed E-state index contributed by atoms with van der Waals surface area (Å²) in [5.41, 5.74) is 2.14. The van der Waals surface area contributed by atoms with Crippen LogP contribution in [0.1, 0.15) is 44.1 Å². The molecule has 3 rings (SSSR count). The van der Waals surface area contributed by atoms with E-state index in [0.717, 1.165) is 44.2 Å². The topological polar surface area (TPSA) is 69.7 Å². The van der Waals surface area contributed by atoms with Gasteiger partial charge >= 0.3 is 0 Å². The Balaban J connectivity index is 1.39. The van der Waals surface area contributed by atoms with E-state index in [-0.39, 0.29) is 5.91 Å². The highest BCUT2D eigenvalue weighted by molar-refractivity contribution is 7.89. The van der Waals surface area contributed by atoms with Gasteiger partial charge in [-0.15, -0.1) is 0 Å². The van der Waals surface area contributed by atoms with E-state index < -0.39 is 10.0 Å². The predicted molar refractivity (Wildman–Crippen MR) is 129 cm³/mol. The molecule has 1 saturated heterocycles. The van der Waals surface area contributed by atoms with Gasteiger partial charge in [0.15, 0.2) is 0 Å². The molecule has 0 saturated carbocycles. The molecule has 1 fully saturated rings. The van der Waals surface area contributed by atoms with Crippen LogP contribution in [-0.4, -0.2) is 51.9 Å². The summed E-state index contributed by atoms with van der Waals surface area (Å²) in [6.07, 6.45) is 5.91. The molecule has 32 heavy (non-hydrogen) atoms. The quantitative estimate of drug-likeness (QED) is 0.551. The lowest BCUT2D eigenvalue weighted by Gasteiger charge is -2.20. The summed E-state index contributed by atoms with van der Waals surface area (Å²) in [5.74, 6) is 0.0219. The Labute approximate surface area is 192 Å². The summed E-state index contributed by atoms with van der Waals surface area (Å²) in [5, 5.41) is 2.98. The minimum absolute atomic E-state index is 0.0219. The summed E-state index contributed by atoms with van der Waals surface area (Å²) >= 11 is 0. The van der Waals surface area contributed by atoms with Gasteiger partial charge in [-0.3, -0.25) is 4.79 Å².